The largest absolute Gasteiger partial charge is 0.135 e. The van der Waals surface area contributed by atoms with Gasteiger partial charge in [0.05, 0.1) is 0 Å². The van der Waals surface area contributed by atoms with Crippen molar-refractivity contribution in [2.75, 3.05) is 0 Å². The van der Waals surface area contributed by atoms with Crippen LogP contribution in [-0.4, -0.2) is 0 Å². The van der Waals surface area contributed by atoms with Crippen molar-refractivity contribution in [2.45, 2.75) is 0 Å². The molecule has 2 heteroatoms. The summed E-state index contributed by atoms with van der Waals surface area (Å²) in [6, 6.07) is 67.9. The van der Waals surface area contributed by atoms with Crippen LogP contribution in [0.2, 0.25) is 0 Å². The number of fused-ring (bicyclic) bond motifs is 10. The third-order valence-corrected chi connectivity index (χ3v) is 13.7. The van der Waals surface area contributed by atoms with E-state index in [1.807, 2.05) is 22.7 Å². The summed E-state index contributed by atoms with van der Waals surface area (Å²) in [6.07, 6.45) is 0. The first-order valence-corrected chi connectivity index (χ1v) is 20.1. The number of benzene rings is 10. The van der Waals surface area contributed by atoms with Crippen LogP contribution in [0.15, 0.2) is 182 Å². The minimum atomic E-state index is 1.23. The molecule has 0 amide bonds. The molecule has 10 aromatic carbocycles. The predicted molar refractivity (Wildman–Crippen MR) is 239 cm³/mol. The highest BCUT2D eigenvalue weighted by molar-refractivity contribution is 7.27. The fraction of sp³-hybridized carbons (Fsp3) is 0. The van der Waals surface area contributed by atoms with E-state index in [0.29, 0.717) is 0 Å². The Hall–Kier alpha value is -6.32. The lowest BCUT2D eigenvalue weighted by atomic mass is 9.84. The van der Waals surface area contributed by atoms with Gasteiger partial charge >= 0.3 is 0 Å². The first-order chi connectivity index (χ1) is 26.7. The second kappa shape index (κ2) is 11.6. The lowest BCUT2D eigenvalue weighted by Crippen LogP contribution is -1.91. The van der Waals surface area contributed by atoms with Crippen molar-refractivity contribution in [1.29, 1.82) is 0 Å². The third-order valence-electron chi connectivity index (χ3n) is 11.4. The van der Waals surface area contributed by atoms with Crippen LogP contribution in [-0.2, 0) is 0 Å². The summed E-state index contributed by atoms with van der Waals surface area (Å²) in [4.78, 5) is 0. The molecule has 0 bridgehead atoms. The van der Waals surface area contributed by atoms with Crippen molar-refractivity contribution in [3.63, 3.8) is 0 Å². The summed E-state index contributed by atoms with van der Waals surface area (Å²) in [6.45, 7) is 0. The normalized spacial score (nSPS) is 12.1. The van der Waals surface area contributed by atoms with Crippen LogP contribution < -0.4 is 0 Å². The van der Waals surface area contributed by atoms with Crippen molar-refractivity contribution in [3.05, 3.63) is 182 Å². The van der Waals surface area contributed by atoms with Gasteiger partial charge in [0, 0.05) is 40.3 Å². The zero-order chi connectivity index (χ0) is 35.3. The number of rotatable bonds is 3. The molecule has 0 atom stereocenters. The van der Waals surface area contributed by atoms with Crippen LogP contribution in [0, 0.1) is 0 Å². The first-order valence-electron chi connectivity index (χ1n) is 18.5. The molecule has 12 aromatic rings. The van der Waals surface area contributed by atoms with Crippen molar-refractivity contribution in [2.24, 2.45) is 0 Å². The van der Waals surface area contributed by atoms with Gasteiger partial charge in [0.2, 0.25) is 0 Å². The van der Waals surface area contributed by atoms with Crippen LogP contribution in [0.5, 0.6) is 0 Å². The van der Waals surface area contributed by atoms with E-state index in [4.69, 9.17) is 0 Å². The van der Waals surface area contributed by atoms with Crippen LogP contribution in [0.3, 0.4) is 0 Å². The van der Waals surface area contributed by atoms with Gasteiger partial charge in [0.25, 0.3) is 0 Å². The van der Waals surface area contributed by atoms with Gasteiger partial charge in [-0.15, -0.1) is 22.7 Å². The minimum Gasteiger partial charge on any atom is -0.135 e. The molecule has 2 aromatic heterocycles. The molecule has 0 aliphatic rings. The topological polar surface area (TPSA) is 0 Å². The number of thiophene rings is 2. The Balaban J connectivity index is 0.985. The summed E-state index contributed by atoms with van der Waals surface area (Å²) in [5.41, 5.74) is 7.56. The SMILES string of the molecule is c1ccc2c(-c3c4ccccc4c(-c4ccc(-c5ccc6cc7sc8cc9c(cc8c7cc6c5)sc5ccccc59)cc4)c4ccccc34)cccc2c1. The van der Waals surface area contributed by atoms with E-state index in [-0.39, 0.29) is 0 Å². The molecule has 0 radical (unpaired) electrons. The highest BCUT2D eigenvalue weighted by atomic mass is 32.1. The molecule has 250 valence electrons. The van der Waals surface area contributed by atoms with Gasteiger partial charge in [-0.1, -0.05) is 146 Å². The molecular weight excluding hydrogens is 689 g/mol. The number of hydrogen-bond acceptors (Lipinski definition) is 2. The van der Waals surface area contributed by atoms with E-state index in [1.165, 1.54) is 117 Å². The van der Waals surface area contributed by atoms with Crippen molar-refractivity contribution in [1.82, 2.24) is 0 Å². The zero-order valence-electron chi connectivity index (χ0n) is 29.1. The van der Waals surface area contributed by atoms with Crippen molar-refractivity contribution < 1.29 is 0 Å². The second-order valence-electron chi connectivity index (χ2n) is 14.4. The lowest BCUT2D eigenvalue weighted by molar-refractivity contribution is 1.63. The molecule has 2 heterocycles. The summed E-state index contributed by atoms with van der Waals surface area (Å²) in [7, 11) is 0. The van der Waals surface area contributed by atoms with E-state index < -0.39 is 0 Å². The Morgan fingerprint density at radius 3 is 1.50 bits per heavy atom. The summed E-state index contributed by atoms with van der Waals surface area (Å²) in [5, 5.41) is 15.6. The van der Waals surface area contributed by atoms with E-state index in [9.17, 15) is 0 Å². The van der Waals surface area contributed by atoms with Crippen LogP contribution >= 0.6 is 22.7 Å². The van der Waals surface area contributed by atoms with Gasteiger partial charge in [0.1, 0.15) is 0 Å². The maximum atomic E-state index is 2.42. The summed E-state index contributed by atoms with van der Waals surface area (Å²) < 4.78 is 5.43. The van der Waals surface area contributed by atoms with Crippen molar-refractivity contribution >= 4 is 106 Å². The smallest absolute Gasteiger partial charge is 0.0362 e. The molecule has 0 aliphatic heterocycles. The molecule has 54 heavy (non-hydrogen) atoms. The molecule has 0 spiro atoms. The van der Waals surface area contributed by atoms with Crippen LogP contribution in [0.4, 0.5) is 0 Å². The Morgan fingerprint density at radius 2 is 0.759 bits per heavy atom. The fourth-order valence-electron chi connectivity index (χ4n) is 8.92. The molecule has 0 saturated heterocycles. The molecular formula is C52H30S2. The van der Waals surface area contributed by atoms with Crippen molar-refractivity contribution in [3.8, 4) is 33.4 Å². The van der Waals surface area contributed by atoms with Gasteiger partial charge in [-0.05, 0) is 113 Å². The van der Waals surface area contributed by atoms with E-state index >= 15 is 0 Å². The quantitative estimate of drug-likeness (QED) is 0.160. The first kappa shape index (κ1) is 30.2. The van der Waals surface area contributed by atoms with E-state index in [2.05, 4.69) is 182 Å². The Bertz CT molecular complexity index is 3430. The van der Waals surface area contributed by atoms with E-state index in [1.54, 1.807) is 0 Å². The molecule has 0 N–H and O–H groups in total. The zero-order valence-corrected chi connectivity index (χ0v) is 30.8. The van der Waals surface area contributed by atoms with Gasteiger partial charge in [-0.3, -0.25) is 0 Å². The minimum absolute atomic E-state index is 1.23. The highest BCUT2D eigenvalue weighted by Gasteiger charge is 2.18. The summed E-state index contributed by atoms with van der Waals surface area (Å²) >= 11 is 3.81. The average Bonchev–Trinajstić information content (AvgIpc) is 3.77. The molecule has 0 fully saturated rings. The van der Waals surface area contributed by atoms with Gasteiger partial charge in [-0.25, -0.2) is 0 Å². The van der Waals surface area contributed by atoms with E-state index in [0.717, 1.165) is 0 Å². The van der Waals surface area contributed by atoms with Gasteiger partial charge in [0.15, 0.2) is 0 Å². The maximum Gasteiger partial charge on any atom is 0.0362 e. The Labute approximate surface area is 319 Å². The van der Waals surface area contributed by atoms with Gasteiger partial charge in [-0.2, -0.15) is 0 Å². The van der Waals surface area contributed by atoms with Crippen LogP contribution in [0.1, 0.15) is 0 Å². The Kier molecular flexibility index (Phi) is 6.48. The predicted octanol–water partition coefficient (Wildman–Crippen LogP) is 16.0. The third kappa shape index (κ3) is 4.48. The maximum absolute atomic E-state index is 2.42. The summed E-state index contributed by atoms with van der Waals surface area (Å²) in [5.74, 6) is 0. The molecule has 12 rings (SSSR count). The monoisotopic (exact) mass is 718 g/mol. The molecule has 0 saturated carbocycles. The lowest BCUT2D eigenvalue weighted by Gasteiger charge is -2.19. The molecule has 0 nitrogen and oxygen atoms in total. The fourth-order valence-corrected chi connectivity index (χ4v) is 11.2. The highest BCUT2D eigenvalue weighted by Crippen LogP contribution is 2.46. The molecule has 0 aliphatic carbocycles. The Morgan fingerprint density at radius 1 is 0.241 bits per heavy atom. The van der Waals surface area contributed by atoms with Crippen LogP contribution in [0.25, 0.3) is 117 Å². The average molecular weight is 719 g/mol. The standard InChI is InChI=1S/C52H30S2/c1-2-12-37-32(10-1)11-9-18-39(37)52-42-16-5-3-14-40(42)51(41-15-4-6-17-43(41)52)33-22-20-31(21-23-33)34-24-25-35-28-48-44(27-36(35)26-34)46-30-49-45(29-50(46)54-48)38-13-7-8-19-47(38)53-49/h1-30H. The van der Waals surface area contributed by atoms with Gasteiger partial charge < -0.3 is 0 Å². The number of hydrogen-bond donors (Lipinski definition) is 0. The molecule has 0 unspecified atom stereocenters. The second-order valence-corrected chi connectivity index (χ2v) is 16.6.